The van der Waals surface area contributed by atoms with Gasteiger partial charge in [0.25, 0.3) is 0 Å². The van der Waals surface area contributed by atoms with E-state index in [1.807, 2.05) is 30.3 Å². The molecule has 0 atom stereocenters. The number of hydrogen-bond donors (Lipinski definition) is 0. The van der Waals surface area contributed by atoms with Crippen LogP contribution in [0.4, 0.5) is 0 Å². The zero-order valence-corrected chi connectivity index (χ0v) is 13.5. The van der Waals surface area contributed by atoms with Gasteiger partial charge < -0.3 is 4.48 Å². The number of carbonyl (C=O) groups is 1. The van der Waals surface area contributed by atoms with E-state index in [9.17, 15) is 4.79 Å². The Bertz CT molecular complexity index is 420. The summed E-state index contributed by atoms with van der Waals surface area (Å²) in [5.41, 5.74) is 0.872. The van der Waals surface area contributed by atoms with Crippen molar-refractivity contribution in [3.8, 4) is 0 Å². The summed E-state index contributed by atoms with van der Waals surface area (Å²) in [6, 6.07) is 9.74. The SMILES string of the molecule is CCCC[N+]1(CCCC(=O)c2ccccc2)CCCCC1. The van der Waals surface area contributed by atoms with E-state index in [0.29, 0.717) is 12.2 Å². The topological polar surface area (TPSA) is 17.1 Å². The van der Waals surface area contributed by atoms with Crippen LogP contribution in [0.3, 0.4) is 0 Å². The van der Waals surface area contributed by atoms with Crippen LogP contribution in [0.15, 0.2) is 30.3 Å². The second-order valence-electron chi connectivity index (χ2n) is 6.54. The van der Waals surface area contributed by atoms with E-state index in [0.717, 1.165) is 12.0 Å². The van der Waals surface area contributed by atoms with Gasteiger partial charge >= 0.3 is 0 Å². The van der Waals surface area contributed by atoms with E-state index in [4.69, 9.17) is 0 Å². The van der Waals surface area contributed by atoms with Gasteiger partial charge in [0, 0.05) is 18.4 Å². The average Bonchev–Trinajstić information content (AvgIpc) is 2.55. The monoisotopic (exact) mass is 288 g/mol. The summed E-state index contributed by atoms with van der Waals surface area (Å²) < 4.78 is 1.27. The fraction of sp³-hybridized carbons (Fsp3) is 0.632. The summed E-state index contributed by atoms with van der Waals surface area (Å²) >= 11 is 0. The number of quaternary nitrogens is 1. The highest BCUT2D eigenvalue weighted by Gasteiger charge is 2.28. The Kier molecular flexibility index (Phi) is 6.44. The summed E-state index contributed by atoms with van der Waals surface area (Å²) in [4.78, 5) is 12.2. The molecule has 0 amide bonds. The van der Waals surface area contributed by atoms with Crippen LogP contribution in [0.25, 0.3) is 0 Å². The highest BCUT2D eigenvalue weighted by atomic mass is 16.1. The number of Topliss-reactive ketones (excluding diaryl/α,β-unsaturated/α-hetero) is 1. The molecule has 0 radical (unpaired) electrons. The van der Waals surface area contributed by atoms with Crippen molar-refractivity contribution < 1.29 is 9.28 Å². The first-order valence-corrected chi connectivity index (χ1v) is 8.69. The average molecular weight is 288 g/mol. The van der Waals surface area contributed by atoms with Crippen molar-refractivity contribution in [2.45, 2.75) is 51.9 Å². The van der Waals surface area contributed by atoms with Crippen molar-refractivity contribution in [2.75, 3.05) is 26.2 Å². The number of carbonyl (C=O) groups excluding carboxylic acids is 1. The van der Waals surface area contributed by atoms with Gasteiger partial charge in [-0.05, 0) is 25.7 Å². The van der Waals surface area contributed by atoms with Gasteiger partial charge in [-0.25, -0.2) is 0 Å². The summed E-state index contributed by atoms with van der Waals surface area (Å²) in [5.74, 6) is 0.307. The second kappa shape index (κ2) is 8.33. The summed E-state index contributed by atoms with van der Waals surface area (Å²) in [5, 5.41) is 0. The molecule has 2 rings (SSSR count). The van der Waals surface area contributed by atoms with Crippen LogP contribution in [0, 0.1) is 0 Å². The van der Waals surface area contributed by atoms with E-state index in [-0.39, 0.29) is 0 Å². The normalized spacial score (nSPS) is 17.6. The maximum Gasteiger partial charge on any atom is 0.163 e. The Balaban J connectivity index is 1.83. The number of hydrogen-bond acceptors (Lipinski definition) is 1. The standard InChI is InChI=1S/C19H30NO/c1-2-3-14-20(15-8-5-9-16-20)17-10-13-19(21)18-11-6-4-7-12-18/h4,6-7,11-12H,2-3,5,8-10,13-17H2,1H3/q+1. The first kappa shape index (κ1) is 16.2. The molecule has 0 bridgehead atoms. The fourth-order valence-electron chi connectivity index (χ4n) is 3.58. The van der Waals surface area contributed by atoms with Gasteiger partial charge in [-0.1, -0.05) is 43.7 Å². The molecule has 21 heavy (non-hydrogen) atoms. The lowest BCUT2D eigenvalue weighted by molar-refractivity contribution is -0.932. The third-order valence-corrected chi connectivity index (χ3v) is 4.88. The molecule has 0 spiro atoms. The number of likely N-dealkylation sites (tertiary alicyclic amines) is 1. The Morgan fingerprint density at radius 3 is 2.33 bits per heavy atom. The Hall–Kier alpha value is -1.15. The molecule has 1 aliphatic rings. The minimum atomic E-state index is 0.307. The van der Waals surface area contributed by atoms with Crippen LogP contribution in [0.5, 0.6) is 0 Å². The Labute approximate surface area is 129 Å². The number of nitrogens with zero attached hydrogens (tertiary/aromatic N) is 1. The van der Waals surface area contributed by atoms with Crippen LogP contribution in [-0.4, -0.2) is 36.4 Å². The molecule has 0 unspecified atom stereocenters. The van der Waals surface area contributed by atoms with Crippen molar-refractivity contribution in [2.24, 2.45) is 0 Å². The zero-order valence-electron chi connectivity index (χ0n) is 13.5. The quantitative estimate of drug-likeness (QED) is 0.510. The molecule has 1 heterocycles. The van der Waals surface area contributed by atoms with E-state index < -0.39 is 0 Å². The van der Waals surface area contributed by atoms with Crippen LogP contribution in [0.2, 0.25) is 0 Å². The van der Waals surface area contributed by atoms with Crippen LogP contribution in [-0.2, 0) is 0 Å². The molecule has 1 aliphatic heterocycles. The fourth-order valence-corrected chi connectivity index (χ4v) is 3.58. The molecule has 0 aromatic heterocycles. The van der Waals surface area contributed by atoms with Crippen molar-refractivity contribution in [1.29, 1.82) is 0 Å². The van der Waals surface area contributed by atoms with Gasteiger partial charge in [0.15, 0.2) is 5.78 Å². The van der Waals surface area contributed by atoms with E-state index in [2.05, 4.69) is 6.92 Å². The molecule has 2 nitrogen and oxygen atoms in total. The molecule has 0 saturated carbocycles. The van der Waals surface area contributed by atoms with Gasteiger partial charge in [-0.2, -0.15) is 0 Å². The summed E-state index contributed by atoms with van der Waals surface area (Å²) in [6.45, 7) is 7.45. The van der Waals surface area contributed by atoms with Crippen LogP contribution in [0.1, 0.15) is 62.2 Å². The lowest BCUT2D eigenvalue weighted by Crippen LogP contribution is -2.52. The minimum Gasteiger partial charge on any atom is -0.324 e. The van der Waals surface area contributed by atoms with Crippen molar-refractivity contribution in [3.05, 3.63) is 35.9 Å². The number of ketones is 1. The maximum atomic E-state index is 12.2. The lowest BCUT2D eigenvalue weighted by atomic mass is 10.0. The Morgan fingerprint density at radius 1 is 1.00 bits per heavy atom. The van der Waals surface area contributed by atoms with Crippen molar-refractivity contribution >= 4 is 5.78 Å². The zero-order chi connectivity index (χ0) is 15.0. The van der Waals surface area contributed by atoms with Gasteiger partial charge in [0.1, 0.15) is 0 Å². The second-order valence-corrected chi connectivity index (χ2v) is 6.54. The molecule has 2 heteroatoms. The molecule has 1 aromatic rings. The van der Waals surface area contributed by atoms with Crippen molar-refractivity contribution in [1.82, 2.24) is 0 Å². The first-order valence-electron chi connectivity index (χ1n) is 8.69. The largest absolute Gasteiger partial charge is 0.324 e. The predicted octanol–water partition coefficient (Wildman–Crippen LogP) is 4.45. The number of unbranched alkanes of at least 4 members (excludes halogenated alkanes) is 1. The lowest BCUT2D eigenvalue weighted by Gasteiger charge is -2.42. The van der Waals surface area contributed by atoms with Crippen molar-refractivity contribution in [3.63, 3.8) is 0 Å². The first-order chi connectivity index (χ1) is 10.3. The number of rotatable bonds is 8. The highest BCUT2D eigenvalue weighted by molar-refractivity contribution is 5.95. The smallest absolute Gasteiger partial charge is 0.163 e. The van der Waals surface area contributed by atoms with Crippen LogP contribution >= 0.6 is 0 Å². The van der Waals surface area contributed by atoms with Gasteiger partial charge in [0.05, 0.1) is 26.2 Å². The minimum absolute atomic E-state index is 0.307. The number of benzene rings is 1. The highest BCUT2D eigenvalue weighted by Crippen LogP contribution is 2.21. The molecular formula is C19H30NO+. The van der Waals surface area contributed by atoms with Crippen LogP contribution < -0.4 is 0 Å². The van der Waals surface area contributed by atoms with Gasteiger partial charge in [0.2, 0.25) is 0 Å². The molecule has 116 valence electrons. The Morgan fingerprint density at radius 2 is 1.67 bits per heavy atom. The maximum absolute atomic E-state index is 12.2. The molecular weight excluding hydrogens is 258 g/mol. The summed E-state index contributed by atoms with van der Waals surface area (Å²) in [6.07, 6.45) is 8.49. The number of piperidine rings is 1. The molecule has 1 saturated heterocycles. The molecule has 1 fully saturated rings. The predicted molar refractivity (Wildman–Crippen MR) is 88.5 cm³/mol. The molecule has 0 aliphatic carbocycles. The van der Waals surface area contributed by atoms with E-state index in [1.165, 1.54) is 62.8 Å². The third kappa shape index (κ3) is 4.96. The third-order valence-electron chi connectivity index (χ3n) is 4.88. The summed E-state index contributed by atoms with van der Waals surface area (Å²) in [7, 11) is 0. The van der Waals surface area contributed by atoms with Gasteiger partial charge in [-0.3, -0.25) is 4.79 Å². The molecule has 0 N–H and O–H groups in total. The molecule has 1 aromatic carbocycles. The van der Waals surface area contributed by atoms with Gasteiger partial charge in [-0.15, -0.1) is 0 Å². The van der Waals surface area contributed by atoms with E-state index >= 15 is 0 Å². The van der Waals surface area contributed by atoms with E-state index in [1.54, 1.807) is 0 Å².